The Balaban J connectivity index is 2.12. The molecule has 2 rings (SSSR count). The molecule has 0 aliphatic carbocycles. The van der Waals surface area contributed by atoms with Crippen LogP contribution in [-0.2, 0) is 13.2 Å². The molecule has 2 aromatic rings. The van der Waals surface area contributed by atoms with Gasteiger partial charge in [0.2, 0.25) is 0 Å². The third kappa shape index (κ3) is 4.59. The molecule has 0 saturated carbocycles. The Morgan fingerprint density at radius 3 is 2.81 bits per heavy atom. The third-order valence-electron chi connectivity index (χ3n) is 2.85. The number of methoxy groups -OCH3 is 1. The molecular formula is C15H19ClN2O2S. The summed E-state index contributed by atoms with van der Waals surface area (Å²) in [6.07, 6.45) is 1.78. The average Bonchev–Trinajstić information content (AvgIpc) is 2.96. The van der Waals surface area contributed by atoms with Crippen molar-refractivity contribution in [2.45, 2.75) is 33.0 Å². The molecule has 0 unspecified atom stereocenters. The Hall–Kier alpha value is -1.30. The van der Waals surface area contributed by atoms with Crippen LogP contribution < -0.4 is 14.8 Å². The van der Waals surface area contributed by atoms with Crippen LogP contribution in [0.2, 0.25) is 5.02 Å². The van der Waals surface area contributed by atoms with Gasteiger partial charge in [-0.05, 0) is 17.7 Å². The fraction of sp³-hybridized carbons (Fsp3) is 0.400. The lowest BCUT2D eigenvalue weighted by molar-refractivity contribution is 0.287. The van der Waals surface area contributed by atoms with Crippen LogP contribution in [0.5, 0.6) is 11.5 Å². The van der Waals surface area contributed by atoms with Gasteiger partial charge in [-0.3, -0.25) is 4.98 Å². The van der Waals surface area contributed by atoms with Crippen molar-refractivity contribution in [2.24, 2.45) is 0 Å². The van der Waals surface area contributed by atoms with Gasteiger partial charge >= 0.3 is 0 Å². The molecular weight excluding hydrogens is 308 g/mol. The summed E-state index contributed by atoms with van der Waals surface area (Å²) in [5.74, 6) is 1.22. The number of hydrogen-bond acceptors (Lipinski definition) is 5. The number of halogens is 1. The second-order valence-electron chi connectivity index (χ2n) is 4.90. The first-order valence-electron chi connectivity index (χ1n) is 6.70. The Morgan fingerprint density at radius 1 is 1.38 bits per heavy atom. The predicted molar refractivity (Wildman–Crippen MR) is 86.4 cm³/mol. The zero-order valence-corrected chi connectivity index (χ0v) is 13.9. The summed E-state index contributed by atoms with van der Waals surface area (Å²) in [5.41, 5.74) is 2.84. The minimum Gasteiger partial charge on any atom is -0.493 e. The largest absolute Gasteiger partial charge is 0.493 e. The molecule has 0 aliphatic heterocycles. The summed E-state index contributed by atoms with van der Waals surface area (Å²) in [4.78, 5) is 5.06. The molecule has 0 amide bonds. The van der Waals surface area contributed by atoms with E-state index in [1.165, 1.54) is 0 Å². The van der Waals surface area contributed by atoms with Gasteiger partial charge in [-0.25, -0.2) is 0 Å². The van der Waals surface area contributed by atoms with Gasteiger partial charge in [0.05, 0.1) is 22.5 Å². The molecule has 6 heteroatoms. The molecule has 114 valence electrons. The fourth-order valence-electron chi connectivity index (χ4n) is 1.79. The van der Waals surface area contributed by atoms with Crippen LogP contribution in [0, 0.1) is 0 Å². The SMILES string of the molecule is COc1cc(CNC(C)C)cc(Cl)c1OCc1cncs1. The summed E-state index contributed by atoms with van der Waals surface area (Å²) in [7, 11) is 1.62. The van der Waals surface area contributed by atoms with E-state index in [4.69, 9.17) is 21.1 Å². The molecule has 1 aromatic heterocycles. The molecule has 0 atom stereocenters. The normalized spacial score (nSPS) is 10.9. The maximum atomic E-state index is 6.32. The number of benzene rings is 1. The highest BCUT2D eigenvalue weighted by molar-refractivity contribution is 7.09. The Morgan fingerprint density at radius 2 is 2.19 bits per heavy atom. The highest BCUT2D eigenvalue weighted by Crippen LogP contribution is 2.37. The summed E-state index contributed by atoms with van der Waals surface area (Å²) >= 11 is 7.87. The molecule has 1 aromatic carbocycles. The predicted octanol–water partition coefficient (Wildman–Crippen LogP) is 3.88. The summed E-state index contributed by atoms with van der Waals surface area (Å²) in [6, 6.07) is 4.27. The van der Waals surface area contributed by atoms with Crippen molar-refractivity contribution >= 4 is 22.9 Å². The van der Waals surface area contributed by atoms with Crippen LogP contribution >= 0.6 is 22.9 Å². The quantitative estimate of drug-likeness (QED) is 0.838. The zero-order chi connectivity index (χ0) is 15.2. The second-order valence-corrected chi connectivity index (χ2v) is 6.28. The first kappa shape index (κ1) is 16.1. The molecule has 1 N–H and O–H groups in total. The maximum Gasteiger partial charge on any atom is 0.180 e. The first-order chi connectivity index (χ1) is 10.1. The van der Waals surface area contributed by atoms with Crippen LogP contribution in [0.4, 0.5) is 0 Å². The second kappa shape index (κ2) is 7.64. The molecule has 0 spiro atoms. The van der Waals surface area contributed by atoms with E-state index in [0.717, 1.165) is 17.0 Å². The van der Waals surface area contributed by atoms with Gasteiger partial charge in [0.1, 0.15) is 6.61 Å². The minimum atomic E-state index is 0.414. The van der Waals surface area contributed by atoms with Gasteiger partial charge in [-0.15, -0.1) is 11.3 Å². The highest BCUT2D eigenvalue weighted by atomic mass is 35.5. The Bertz CT molecular complexity index is 573. The van der Waals surface area contributed by atoms with Gasteiger partial charge in [0.25, 0.3) is 0 Å². The van der Waals surface area contributed by atoms with E-state index >= 15 is 0 Å². The minimum absolute atomic E-state index is 0.414. The van der Waals surface area contributed by atoms with Gasteiger partial charge in [-0.2, -0.15) is 0 Å². The van der Waals surface area contributed by atoms with Gasteiger partial charge in [0.15, 0.2) is 11.5 Å². The van der Waals surface area contributed by atoms with Gasteiger partial charge < -0.3 is 14.8 Å². The number of nitrogens with zero attached hydrogens (tertiary/aromatic N) is 1. The van der Waals surface area contributed by atoms with Crippen molar-refractivity contribution in [1.29, 1.82) is 0 Å². The summed E-state index contributed by atoms with van der Waals surface area (Å²) in [5, 5.41) is 3.91. The lowest BCUT2D eigenvalue weighted by atomic mass is 10.2. The average molecular weight is 327 g/mol. The van der Waals surface area contributed by atoms with Crippen molar-refractivity contribution in [1.82, 2.24) is 10.3 Å². The number of rotatable bonds is 7. The van der Waals surface area contributed by atoms with Crippen LogP contribution in [0.25, 0.3) is 0 Å². The number of aromatic nitrogens is 1. The summed E-state index contributed by atoms with van der Waals surface area (Å²) in [6.45, 7) is 5.38. The van der Waals surface area contributed by atoms with Gasteiger partial charge in [0, 0.05) is 18.8 Å². The lowest BCUT2D eigenvalue weighted by Crippen LogP contribution is -2.21. The van der Waals surface area contributed by atoms with E-state index in [0.29, 0.717) is 29.2 Å². The van der Waals surface area contributed by atoms with Crippen LogP contribution in [-0.4, -0.2) is 18.1 Å². The van der Waals surface area contributed by atoms with Crippen molar-refractivity contribution in [3.63, 3.8) is 0 Å². The van der Waals surface area contributed by atoms with Crippen molar-refractivity contribution in [3.8, 4) is 11.5 Å². The first-order valence-corrected chi connectivity index (χ1v) is 7.96. The fourth-order valence-corrected chi connectivity index (χ4v) is 2.59. The number of hydrogen-bond donors (Lipinski definition) is 1. The molecule has 21 heavy (non-hydrogen) atoms. The molecule has 0 fully saturated rings. The van der Waals surface area contributed by atoms with Crippen molar-refractivity contribution in [2.75, 3.05) is 7.11 Å². The Kier molecular flexibility index (Phi) is 5.85. The zero-order valence-electron chi connectivity index (χ0n) is 12.4. The lowest BCUT2D eigenvalue weighted by Gasteiger charge is -2.15. The Labute approximate surface area is 134 Å². The van der Waals surface area contributed by atoms with Crippen LogP contribution in [0.1, 0.15) is 24.3 Å². The molecule has 4 nitrogen and oxygen atoms in total. The summed E-state index contributed by atoms with van der Waals surface area (Å²) < 4.78 is 11.2. The van der Waals surface area contributed by atoms with E-state index in [2.05, 4.69) is 24.1 Å². The third-order valence-corrected chi connectivity index (χ3v) is 3.88. The molecule has 1 heterocycles. The van der Waals surface area contributed by atoms with E-state index in [1.54, 1.807) is 30.2 Å². The number of ether oxygens (including phenoxy) is 2. The van der Waals surface area contributed by atoms with E-state index in [9.17, 15) is 0 Å². The smallest absolute Gasteiger partial charge is 0.180 e. The van der Waals surface area contributed by atoms with E-state index in [-0.39, 0.29) is 0 Å². The molecule has 0 radical (unpaired) electrons. The number of thiazole rings is 1. The van der Waals surface area contributed by atoms with Crippen LogP contribution in [0.15, 0.2) is 23.8 Å². The molecule has 0 saturated heterocycles. The maximum absolute atomic E-state index is 6.32. The van der Waals surface area contributed by atoms with Crippen LogP contribution in [0.3, 0.4) is 0 Å². The highest BCUT2D eigenvalue weighted by Gasteiger charge is 2.13. The molecule has 0 aliphatic rings. The van der Waals surface area contributed by atoms with E-state index in [1.807, 2.05) is 12.1 Å². The van der Waals surface area contributed by atoms with E-state index < -0.39 is 0 Å². The standard InChI is InChI=1S/C15H19ClN2O2S/c1-10(2)18-6-11-4-13(16)15(14(5-11)19-3)20-8-12-7-17-9-21-12/h4-5,7,9-10,18H,6,8H2,1-3H3. The monoisotopic (exact) mass is 326 g/mol. The molecule has 0 bridgehead atoms. The van der Waals surface area contributed by atoms with Crippen molar-refractivity contribution < 1.29 is 9.47 Å². The van der Waals surface area contributed by atoms with Crippen molar-refractivity contribution in [3.05, 3.63) is 39.3 Å². The topological polar surface area (TPSA) is 43.4 Å². The van der Waals surface area contributed by atoms with Gasteiger partial charge in [-0.1, -0.05) is 25.4 Å². The number of nitrogens with one attached hydrogen (secondary N) is 1.